The van der Waals surface area contributed by atoms with Gasteiger partial charge in [-0.3, -0.25) is 14.4 Å². The summed E-state index contributed by atoms with van der Waals surface area (Å²) in [6, 6.07) is 10.0. The first kappa shape index (κ1) is 27.4. The Bertz CT molecular complexity index is 1170. The number of ether oxygens (including phenoxy) is 1. The number of rotatable bonds is 2. The summed E-state index contributed by atoms with van der Waals surface area (Å²) in [5, 5.41) is 29.2. The topological polar surface area (TPSA) is 140 Å². The lowest BCUT2D eigenvalue weighted by atomic mass is 9.98. The molecule has 10 nitrogen and oxygen atoms in total. The van der Waals surface area contributed by atoms with Crippen molar-refractivity contribution in [2.75, 3.05) is 39.8 Å². The van der Waals surface area contributed by atoms with E-state index in [9.17, 15) is 24.6 Å². The van der Waals surface area contributed by atoms with Crippen LogP contribution in [0.2, 0.25) is 0 Å². The highest BCUT2D eigenvalue weighted by molar-refractivity contribution is 5.98. The highest BCUT2D eigenvalue weighted by Crippen LogP contribution is 2.33. The maximum Gasteiger partial charge on any atom is 0.255 e. The van der Waals surface area contributed by atoms with Crippen molar-refractivity contribution in [2.24, 2.45) is 0 Å². The van der Waals surface area contributed by atoms with Crippen molar-refractivity contribution in [2.45, 2.75) is 44.2 Å². The highest BCUT2D eigenvalue weighted by Gasteiger charge is 2.31. The number of benzene rings is 2. The first-order valence-corrected chi connectivity index (χ1v) is 13.1. The zero-order chi connectivity index (χ0) is 27.1. The number of aliphatic hydroxyl groups is 1. The smallest absolute Gasteiger partial charge is 0.255 e. The second-order valence-electron chi connectivity index (χ2n) is 9.76. The van der Waals surface area contributed by atoms with E-state index in [1.165, 1.54) is 7.11 Å². The molecule has 0 radical (unpaired) electrons. The van der Waals surface area contributed by atoms with Crippen LogP contribution in [0.5, 0.6) is 11.5 Å². The Morgan fingerprint density at radius 2 is 1.82 bits per heavy atom. The molecule has 5 N–H and O–H groups in total. The van der Waals surface area contributed by atoms with E-state index in [4.69, 9.17) is 4.74 Å². The summed E-state index contributed by atoms with van der Waals surface area (Å²) in [5.74, 6) is 0.00124. The van der Waals surface area contributed by atoms with Gasteiger partial charge in [-0.1, -0.05) is 12.1 Å². The number of phenols is 1. The molecule has 2 aliphatic rings. The molecule has 10 heteroatoms. The zero-order valence-electron chi connectivity index (χ0n) is 21.7. The van der Waals surface area contributed by atoms with Gasteiger partial charge in [0, 0.05) is 44.7 Å². The van der Waals surface area contributed by atoms with Crippen LogP contribution in [0, 0.1) is 0 Å². The summed E-state index contributed by atoms with van der Waals surface area (Å²) < 4.78 is 5.41. The van der Waals surface area contributed by atoms with Crippen molar-refractivity contribution in [1.29, 1.82) is 0 Å². The lowest BCUT2D eigenvalue weighted by Crippen LogP contribution is -2.45. The number of fused-ring (bicyclic) bond motifs is 5. The Labute approximate surface area is 222 Å². The molecule has 3 amide bonds. The Hall–Kier alpha value is -3.63. The van der Waals surface area contributed by atoms with Gasteiger partial charge < -0.3 is 35.8 Å². The summed E-state index contributed by atoms with van der Waals surface area (Å²) in [6.07, 6.45) is 1.69. The number of phenolic OH excluding ortho intramolecular Hbond substituents is 1. The largest absolute Gasteiger partial charge is 0.507 e. The van der Waals surface area contributed by atoms with Gasteiger partial charge in [-0.25, -0.2) is 0 Å². The Morgan fingerprint density at radius 1 is 1.00 bits per heavy atom. The van der Waals surface area contributed by atoms with E-state index in [1.54, 1.807) is 29.2 Å². The van der Waals surface area contributed by atoms with E-state index in [0.29, 0.717) is 80.8 Å². The molecule has 1 fully saturated rings. The first-order chi connectivity index (χ1) is 18.4. The summed E-state index contributed by atoms with van der Waals surface area (Å²) >= 11 is 0. The van der Waals surface area contributed by atoms with Crippen molar-refractivity contribution in [3.8, 4) is 22.6 Å². The number of aromatic hydroxyl groups is 1. The van der Waals surface area contributed by atoms with Crippen molar-refractivity contribution < 1.29 is 29.3 Å². The third kappa shape index (κ3) is 6.81. The average molecular weight is 525 g/mol. The van der Waals surface area contributed by atoms with Crippen LogP contribution < -0.4 is 20.7 Å². The van der Waals surface area contributed by atoms with Gasteiger partial charge in [-0.15, -0.1) is 0 Å². The summed E-state index contributed by atoms with van der Waals surface area (Å²) in [7, 11) is 1.50. The minimum atomic E-state index is -0.550. The molecule has 204 valence electrons. The molecular weight excluding hydrogens is 488 g/mol. The van der Waals surface area contributed by atoms with Crippen molar-refractivity contribution in [3.63, 3.8) is 0 Å². The SMILES string of the molecule is COc1ccc2cc1C(=O)NCCCN(C(=O)[C@@H]1C[C@@H](O)CN1)CCCC(=O)NCCc1ccc(O)c-2c1. The minimum absolute atomic E-state index is 0.0872. The van der Waals surface area contributed by atoms with E-state index in [-0.39, 0.29) is 29.9 Å². The Kier molecular flexibility index (Phi) is 9.19. The molecule has 2 atom stereocenters. The van der Waals surface area contributed by atoms with Crippen LogP contribution in [0.3, 0.4) is 0 Å². The molecule has 1 saturated heterocycles. The lowest BCUT2D eigenvalue weighted by molar-refractivity contribution is -0.133. The molecule has 2 aromatic rings. The number of β-amino-alcohol motifs (C(OH)–C–C–N with tert-alkyl or cyclic N) is 1. The quantitative estimate of drug-likeness (QED) is 0.398. The van der Waals surface area contributed by atoms with Crippen LogP contribution >= 0.6 is 0 Å². The predicted octanol–water partition coefficient (Wildman–Crippen LogP) is 1.19. The van der Waals surface area contributed by atoms with Gasteiger partial charge in [0.25, 0.3) is 5.91 Å². The fraction of sp³-hybridized carbons (Fsp3) is 0.464. The van der Waals surface area contributed by atoms with E-state index in [1.807, 2.05) is 12.1 Å². The first-order valence-electron chi connectivity index (χ1n) is 13.1. The number of aliphatic hydroxyl groups excluding tert-OH is 1. The number of nitrogens with one attached hydrogen (secondary N) is 3. The third-order valence-corrected chi connectivity index (χ3v) is 6.99. The lowest BCUT2D eigenvalue weighted by Gasteiger charge is -2.26. The average Bonchev–Trinajstić information content (AvgIpc) is 3.35. The molecule has 2 aliphatic heterocycles. The molecule has 0 unspecified atom stereocenters. The third-order valence-electron chi connectivity index (χ3n) is 6.99. The van der Waals surface area contributed by atoms with Crippen LogP contribution in [0.1, 0.15) is 41.6 Å². The fourth-order valence-corrected chi connectivity index (χ4v) is 4.91. The monoisotopic (exact) mass is 524 g/mol. The van der Waals surface area contributed by atoms with E-state index < -0.39 is 12.1 Å². The highest BCUT2D eigenvalue weighted by atomic mass is 16.5. The van der Waals surface area contributed by atoms with Crippen molar-refractivity contribution in [1.82, 2.24) is 20.9 Å². The van der Waals surface area contributed by atoms with Crippen LogP contribution in [-0.2, 0) is 16.0 Å². The van der Waals surface area contributed by atoms with Crippen LogP contribution in [0.15, 0.2) is 36.4 Å². The van der Waals surface area contributed by atoms with Crippen molar-refractivity contribution >= 4 is 17.7 Å². The fourth-order valence-electron chi connectivity index (χ4n) is 4.91. The molecule has 0 aromatic heterocycles. The van der Waals surface area contributed by atoms with Gasteiger partial charge in [-0.2, -0.15) is 0 Å². The molecule has 0 saturated carbocycles. The Balaban J connectivity index is 1.55. The maximum absolute atomic E-state index is 13.1. The van der Waals surface area contributed by atoms with E-state index in [0.717, 1.165) is 5.56 Å². The minimum Gasteiger partial charge on any atom is -0.507 e. The number of amides is 3. The molecule has 0 aliphatic carbocycles. The molecule has 4 bridgehead atoms. The van der Waals surface area contributed by atoms with E-state index in [2.05, 4.69) is 16.0 Å². The van der Waals surface area contributed by atoms with Gasteiger partial charge in [0.1, 0.15) is 11.5 Å². The number of carbonyl (C=O) groups excluding carboxylic acids is 3. The van der Waals surface area contributed by atoms with Crippen molar-refractivity contribution in [3.05, 3.63) is 47.5 Å². The second-order valence-corrected chi connectivity index (χ2v) is 9.76. The molecule has 38 heavy (non-hydrogen) atoms. The standard InChI is InChI=1S/C28H36N4O6/c1-38-25-8-6-19-15-22(25)27(36)30-10-3-13-32(28(37)23-16-20(33)17-31-23)12-2-4-26(35)29-11-9-18-5-7-24(34)21(19)14-18/h5-8,14-15,20,23,31,33-34H,2-4,9-13,16-17H2,1H3,(H,29,35)(H,30,36)/t20-,23+/m1/s1. The van der Waals surface area contributed by atoms with Gasteiger partial charge in [-0.05, 0) is 61.1 Å². The van der Waals surface area contributed by atoms with Crippen LogP contribution in [0.25, 0.3) is 11.1 Å². The maximum atomic E-state index is 13.1. The number of methoxy groups -OCH3 is 1. The molecule has 2 aromatic carbocycles. The second kappa shape index (κ2) is 12.7. The molecule has 4 rings (SSSR count). The van der Waals surface area contributed by atoms with Crippen LogP contribution in [-0.4, -0.2) is 84.8 Å². The molecule has 2 heterocycles. The molecular formula is C28H36N4O6. The van der Waals surface area contributed by atoms with Gasteiger partial charge >= 0.3 is 0 Å². The summed E-state index contributed by atoms with van der Waals surface area (Å²) in [6.45, 7) is 1.96. The Morgan fingerprint density at radius 3 is 2.58 bits per heavy atom. The van der Waals surface area contributed by atoms with Gasteiger partial charge in [0.15, 0.2) is 0 Å². The summed E-state index contributed by atoms with van der Waals surface area (Å²) in [5.41, 5.74) is 2.53. The number of hydrogen-bond acceptors (Lipinski definition) is 7. The van der Waals surface area contributed by atoms with Gasteiger partial charge in [0.2, 0.25) is 11.8 Å². The zero-order valence-corrected chi connectivity index (χ0v) is 21.7. The number of carbonyl (C=O) groups is 3. The normalized spacial score (nSPS) is 21.5. The van der Waals surface area contributed by atoms with Crippen LogP contribution in [0.4, 0.5) is 0 Å². The number of hydrogen-bond donors (Lipinski definition) is 5. The molecule has 0 spiro atoms. The van der Waals surface area contributed by atoms with Gasteiger partial charge in [0.05, 0.1) is 24.8 Å². The summed E-state index contributed by atoms with van der Waals surface area (Å²) in [4.78, 5) is 40.3. The predicted molar refractivity (Wildman–Crippen MR) is 142 cm³/mol. The number of nitrogens with zero attached hydrogens (tertiary/aromatic N) is 1. The van der Waals surface area contributed by atoms with E-state index >= 15 is 0 Å².